The fraction of sp³-hybridized carbons (Fsp3) is 0.409. The van der Waals surface area contributed by atoms with E-state index in [0.29, 0.717) is 31.1 Å². The maximum absolute atomic E-state index is 10.2. The Bertz CT molecular complexity index is 795. The van der Waals surface area contributed by atoms with Gasteiger partial charge in [0.2, 0.25) is 0 Å². The van der Waals surface area contributed by atoms with Gasteiger partial charge >= 0.3 is 0 Å². The smallest absolute Gasteiger partial charge is 0.145 e. The first-order valence-electron chi connectivity index (χ1n) is 9.59. The zero-order valence-electron chi connectivity index (χ0n) is 16.3. The highest BCUT2D eigenvalue weighted by Gasteiger charge is 2.25. The average molecular weight is 403 g/mol. The minimum atomic E-state index is -0.372. The first-order valence-corrected chi connectivity index (χ1v) is 9.97. The van der Waals surface area contributed by atoms with Crippen LogP contribution in [0, 0.1) is 0 Å². The Morgan fingerprint density at radius 3 is 2.79 bits per heavy atom. The molecule has 0 saturated heterocycles. The second-order valence-corrected chi connectivity index (χ2v) is 7.52. The fourth-order valence-electron chi connectivity index (χ4n) is 3.29. The summed E-state index contributed by atoms with van der Waals surface area (Å²) in [7, 11) is 1.67. The molecule has 0 radical (unpaired) electrons. The molecule has 0 fully saturated rings. The van der Waals surface area contributed by atoms with Crippen LogP contribution in [0.3, 0.4) is 0 Å². The molecular formula is C22H27ClN2O3. The quantitative estimate of drug-likeness (QED) is 0.685. The molecule has 3 rings (SSSR count). The van der Waals surface area contributed by atoms with Crippen LogP contribution in [0.4, 0.5) is 0 Å². The Hall–Kier alpha value is -2.08. The summed E-state index contributed by atoms with van der Waals surface area (Å²) < 4.78 is 5.32. The third-order valence-electron chi connectivity index (χ3n) is 4.85. The van der Waals surface area contributed by atoms with Crippen LogP contribution in [0.2, 0.25) is 5.02 Å². The number of ether oxygens (including phenoxy) is 1. The molecule has 150 valence electrons. The van der Waals surface area contributed by atoms with E-state index in [9.17, 15) is 5.11 Å². The minimum Gasteiger partial charge on any atom is -0.497 e. The lowest BCUT2D eigenvalue weighted by molar-refractivity contribution is 0.0315. The third-order valence-corrected chi connectivity index (χ3v) is 5.10. The van der Waals surface area contributed by atoms with Gasteiger partial charge in [0, 0.05) is 31.1 Å². The molecule has 2 atom stereocenters. The largest absolute Gasteiger partial charge is 0.497 e. The van der Waals surface area contributed by atoms with Crippen molar-refractivity contribution in [3.8, 4) is 5.75 Å². The van der Waals surface area contributed by atoms with Crippen LogP contribution in [0.5, 0.6) is 5.75 Å². The van der Waals surface area contributed by atoms with E-state index in [1.807, 2.05) is 49.4 Å². The summed E-state index contributed by atoms with van der Waals surface area (Å²) in [6.07, 6.45) is 1.04. The van der Waals surface area contributed by atoms with Gasteiger partial charge in [0.15, 0.2) is 0 Å². The van der Waals surface area contributed by atoms with E-state index in [2.05, 4.69) is 16.1 Å². The summed E-state index contributed by atoms with van der Waals surface area (Å²) in [6.45, 7) is 3.98. The highest BCUT2D eigenvalue weighted by molar-refractivity contribution is 6.30. The lowest BCUT2D eigenvalue weighted by Gasteiger charge is -2.26. The van der Waals surface area contributed by atoms with Crippen molar-refractivity contribution in [3.05, 3.63) is 64.7 Å². The zero-order valence-corrected chi connectivity index (χ0v) is 17.1. The molecule has 1 N–H and O–H groups in total. The highest BCUT2D eigenvalue weighted by Crippen LogP contribution is 2.21. The van der Waals surface area contributed by atoms with Crippen molar-refractivity contribution in [1.29, 1.82) is 0 Å². The molecule has 0 aromatic heterocycles. The standard InChI is InChI=1S/C22H27ClN2O3/c1-3-19(26)14-25(13-16-5-4-6-20(11-16)27-2)15-21-12-22(24-28-21)17-7-9-18(23)10-8-17/h4-11,19,21,26H,3,12-15H2,1-2H3/t19-,21-/m1/s1. The van der Waals surface area contributed by atoms with Gasteiger partial charge in [-0.25, -0.2) is 0 Å². The SMILES string of the molecule is CC[C@@H](O)CN(Cc1cccc(OC)c1)C[C@H]1CC(c2ccc(Cl)cc2)=NO1. The van der Waals surface area contributed by atoms with E-state index in [4.69, 9.17) is 21.2 Å². The van der Waals surface area contributed by atoms with Crippen molar-refractivity contribution >= 4 is 17.3 Å². The number of aliphatic hydroxyl groups excluding tert-OH is 1. The van der Waals surface area contributed by atoms with Gasteiger partial charge in [-0.3, -0.25) is 4.90 Å². The summed E-state index contributed by atoms with van der Waals surface area (Å²) in [5.74, 6) is 0.832. The van der Waals surface area contributed by atoms with Gasteiger partial charge in [-0.1, -0.05) is 47.9 Å². The summed E-state index contributed by atoms with van der Waals surface area (Å²) in [6, 6.07) is 15.6. The third kappa shape index (κ3) is 5.71. The number of oxime groups is 1. The van der Waals surface area contributed by atoms with Crippen LogP contribution >= 0.6 is 11.6 Å². The zero-order chi connectivity index (χ0) is 19.9. The molecular weight excluding hydrogens is 376 g/mol. The monoisotopic (exact) mass is 402 g/mol. The lowest BCUT2D eigenvalue weighted by Crippen LogP contribution is -2.37. The number of hydrogen-bond donors (Lipinski definition) is 1. The molecule has 0 aliphatic carbocycles. The predicted octanol–water partition coefficient (Wildman–Crippen LogP) is 4.11. The van der Waals surface area contributed by atoms with Crippen LogP contribution in [-0.2, 0) is 11.4 Å². The van der Waals surface area contributed by atoms with Crippen molar-refractivity contribution in [3.63, 3.8) is 0 Å². The second-order valence-electron chi connectivity index (χ2n) is 7.08. The average Bonchev–Trinajstić information content (AvgIpc) is 3.17. The second kappa shape index (κ2) is 9.92. The molecule has 0 amide bonds. The van der Waals surface area contributed by atoms with E-state index in [1.54, 1.807) is 7.11 Å². The summed E-state index contributed by atoms with van der Waals surface area (Å²) in [4.78, 5) is 7.90. The lowest BCUT2D eigenvalue weighted by atomic mass is 10.0. The van der Waals surface area contributed by atoms with E-state index in [1.165, 1.54) is 0 Å². The first-order chi connectivity index (χ1) is 13.6. The molecule has 1 heterocycles. The Balaban J connectivity index is 1.63. The van der Waals surface area contributed by atoms with Gasteiger partial charge in [0.05, 0.1) is 18.9 Å². The van der Waals surface area contributed by atoms with Crippen molar-refractivity contribution in [1.82, 2.24) is 4.90 Å². The molecule has 0 spiro atoms. The summed E-state index contributed by atoms with van der Waals surface area (Å²) in [5, 5.41) is 15.2. The van der Waals surface area contributed by atoms with Crippen molar-refractivity contribution in [2.45, 2.75) is 38.5 Å². The molecule has 1 aliphatic rings. The highest BCUT2D eigenvalue weighted by atomic mass is 35.5. The van der Waals surface area contributed by atoms with Gasteiger partial charge in [0.1, 0.15) is 11.9 Å². The molecule has 0 saturated carbocycles. The Kier molecular flexibility index (Phi) is 7.31. The Labute approximate surface area is 171 Å². The molecule has 0 bridgehead atoms. The van der Waals surface area contributed by atoms with Crippen molar-refractivity contribution in [2.24, 2.45) is 5.16 Å². The number of halogens is 1. The number of aliphatic hydroxyl groups is 1. The number of nitrogens with zero attached hydrogens (tertiary/aromatic N) is 2. The number of rotatable bonds is 9. The first kappa shape index (κ1) is 20.6. The molecule has 2 aromatic rings. The Morgan fingerprint density at radius 1 is 1.29 bits per heavy atom. The molecule has 1 aliphatic heterocycles. The molecule has 5 nitrogen and oxygen atoms in total. The summed E-state index contributed by atoms with van der Waals surface area (Å²) >= 11 is 5.97. The molecule has 6 heteroatoms. The molecule has 0 unspecified atom stereocenters. The normalized spacial score (nSPS) is 17.3. The molecule has 2 aromatic carbocycles. The van der Waals surface area contributed by atoms with Crippen LogP contribution in [0.25, 0.3) is 0 Å². The van der Waals surface area contributed by atoms with Crippen LogP contribution in [-0.4, -0.2) is 48.1 Å². The maximum atomic E-state index is 10.2. The van der Waals surface area contributed by atoms with Crippen molar-refractivity contribution < 1.29 is 14.7 Å². The van der Waals surface area contributed by atoms with Crippen LogP contribution < -0.4 is 4.74 Å². The summed E-state index contributed by atoms with van der Waals surface area (Å²) in [5.41, 5.74) is 3.10. The number of hydrogen-bond acceptors (Lipinski definition) is 5. The minimum absolute atomic E-state index is 0.0414. The predicted molar refractivity (Wildman–Crippen MR) is 112 cm³/mol. The van der Waals surface area contributed by atoms with E-state index in [0.717, 1.165) is 29.0 Å². The van der Waals surface area contributed by atoms with Crippen LogP contribution in [0.15, 0.2) is 53.7 Å². The molecule has 28 heavy (non-hydrogen) atoms. The van der Waals surface area contributed by atoms with Gasteiger partial charge in [0.25, 0.3) is 0 Å². The van der Waals surface area contributed by atoms with Gasteiger partial charge in [-0.05, 0) is 41.8 Å². The van der Waals surface area contributed by atoms with Gasteiger partial charge in [-0.2, -0.15) is 0 Å². The van der Waals surface area contributed by atoms with Crippen molar-refractivity contribution in [2.75, 3.05) is 20.2 Å². The fourth-order valence-corrected chi connectivity index (χ4v) is 3.41. The van der Waals surface area contributed by atoms with Gasteiger partial charge < -0.3 is 14.7 Å². The Morgan fingerprint density at radius 2 is 2.07 bits per heavy atom. The topological polar surface area (TPSA) is 54.3 Å². The van der Waals surface area contributed by atoms with Gasteiger partial charge in [-0.15, -0.1) is 0 Å². The number of methoxy groups -OCH3 is 1. The van der Waals surface area contributed by atoms with E-state index in [-0.39, 0.29) is 12.2 Å². The number of benzene rings is 2. The van der Waals surface area contributed by atoms with E-state index >= 15 is 0 Å². The van der Waals surface area contributed by atoms with E-state index < -0.39 is 0 Å². The maximum Gasteiger partial charge on any atom is 0.145 e. The van der Waals surface area contributed by atoms with Crippen LogP contribution in [0.1, 0.15) is 30.9 Å².